The molecule has 16 nitrogen and oxygen atoms in total. The van der Waals surface area contributed by atoms with Crippen molar-refractivity contribution < 1.29 is 28.6 Å². The Morgan fingerprint density at radius 1 is 0.356 bits per heavy atom. The standard InChI is InChI=1S/C57H62N10O6/c1-4-71-55(68)52-18-10-15-49(61-52)46-24-21-43(35-58-46)39-65-29-27-64(38-42-13-8-7-9-14-42)28-30-66(40-44-22-25-47(59-36-44)50-16-11-19-53(62-50)56(69)72-5-2)32-34-67(33-31-65)41-45-23-26-48(60-37-45)51-17-12-20-54(63-51)57(70)73-6-3/h7-26,35-37H,4-6,27-34,38-41H2,1-3H3. The van der Waals surface area contributed by atoms with E-state index in [4.69, 9.17) is 29.2 Å². The minimum Gasteiger partial charge on any atom is -0.461 e. The number of nitrogens with zero attached hydrogens (tertiary/aromatic N) is 10. The summed E-state index contributed by atoms with van der Waals surface area (Å²) in [6, 6.07) is 38.7. The van der Waals surface area contributed by atoms with E-state index >= 15 is 0 Å². The van der Waals surface area contributed by atoms with Crippen LogP contribution in [0.4, 0.5) is 0 Å². The fraction of sp³-hybridized carbons (Fsp3) is 0.316. The van der Waals surface area contributed by atoms with Gasteiger partial charge in [0.15, 0.2) is 0 Å². The van der Waals surface area contributed by atoms with Gasteiger partial charge in [0, 0.05) is 97.1 Å². The first kappa shape index (κ1) is 51.7. The Morgan fingerprint density at radius 2 is 0.658 bits per heavy atom. The van der Waals surface area contributed by atoms with E-state index in [0.717, 1.165) is 75.6 Å². The van der Waals surface area contributed by atoms with Crippen LogP contribution < -0.4 is 0 Å². The first-order chi connectivity index (χ1) is 35.7. The SMILES string of the molecule is CCOC(=O)c1cccc(-c2ccc(CN3CCN(Cc4ccccc4)CCN(Cc4ccc(-c5cccc(C(=O)OCC)n5)nc4)CCN(Cc4ccc(-c5cccc(C(=O)OCC)n5)nc4)CC3)cn2)n1. The Labute approximate surface area is 427 Å². The Morgan fingerprint density at radius 3 is 0.932 bits per heavy atom. The second-order valence-electron chi connectivity index (χ2n) is 17.6. The number of pyridine rings is 6. The van der Waals surface area contributed by atoms with Gasteiger partial charge in [-0.05, 0) is 97.6 Å². The van der Waals surface area contributed by atoms with E-state index in [1.165, 1.54) is 5.56 Å². The van der Waals surface area contributed by atoms with Crippen LogP contribution in [0.15, 0.2) is 140 Å². The monoisotopic (exact) mass is 982 g/mol. The average Bonchev–Trinajstić information content (AvgIpc) is 3.42. The van der Waals surface area contributed by atoms with Crippen LogP contribution in [0.25, 0.3) is 34.2 Å². The quantitative estimate of drug-likeness (QED) is 0.0637. The van der Waals surface area contributed by atoms with Crippen LogP contribution in [-0.2, 0) is 40.4 Å². The number of hydrogen-bond acceptors (Lipinski definition) is 16. The van der Waals surface area contributed by atoms with Crippen LogP contribution in [0.3, 0.4) is 0 Å². The molecule has 376 valence electrons. The van der Waals surface area contributed by atoms with E-state index in [1.54, 1.807) is 57.2 Å². The number of carbonyl (C=O) groups excluding carboxylic acids is 3. The summed E-state index contributed by atoms with van der Waals surface area (Å²) < 4.78 is 15.5. The summed E-state index contributed by atoms with van der Waals surface area (Å²) in [6.07, 6.45) is 5.71. The zero-order valence-electron chi connectivity index (χ0n) is 41.8. The fourth-order valence-electron chi connectivity index (χ4n) is 8.52. The Hall–Kier alpha value is -7.63. The lowest BCUT2D eigenvalue weighted by Crippen LogP contribution is -2.45. The lowest BCUT2D eigenvalue weighted by atomic mass is 10.1. The van der Waals surface area contributed by atoms with Gasteiger partial charge in [-0.3, -0.25) is 34.6 Å². The molecule has 0 N–H and O–H groups in total. The van der Waals surface area contributed by atoms with Gasteiger partial charge in [-0.1, -0.05) is 66.7 Å². The second-order valence-corrected chi connectivity index (χ2v) is 17.6. The average molecular weight is 983 g/mol. The number of carbonyl (C=O) groups is 3. The van der Waals surface area contributed by atoms with E-state index in [9.17, 15) is 14.4 Å². The lowest BCUT2D eigenvalue weighted by Gasteiger charge is -2.34. The van der Waals surface area contributed by atoms with Crippen molar-refractivity contribution in [1.82, 2.24) is 49.5 Å². The molecule has 1 aliphatic rings. The molecule has 1 aromatic carbocycles. The molecule has 1 saturated heterocycles. The maximum atomic E-state index is 12.5. The molecule has 7 aromatic rings. The first-order valence-corrected chi connectivity index (χ1v) is 24.9. The maximum Gasteiger partial charge on any atom is 0.356 e. The van der Waals surface area contributed by atoms with Gasteiger partial charge in [0.2, 0.25) is 0 Å². The Balaban J connectivity index is 1.03. The van der Waals surface area contributed by atoms with Gasteiger partial charge in [-0.2, -0.15) is 0 Å². The van der Waals surface area contributed by atoms with Crippen molar-refractivity contribution in [3.8, 4) is 34.2 Å². The van der Waals surface area contributed by atoms with Gasteiger partial charge in [0.05, 0.1) is 54.0 Å². The summed E-state index contributed by atoms with van der Waals surface area (Å²) in [7, 11) is 0. The van der Waals surface area contributed by atoms with Gasteiger partial charge >= 0.3 is 17.9 Å². The van der Waals surface area contributed by atoms with Crippen LogP contribution in [0, 0.1) is 0 Å². The van der Waals surface area contributed by atoms with E-state index in [-0.39, 0.29) is 36.9 Å². The predicted octanol–water partition coefficient (Wildman–Crippen LogP) is 7.91. The third-order valence-electron chi connectivity index (χ3n) is 12.4. The molecular weight excluding hydrogens is 921 g/mol. The molecule has 8 rings (SSSR count). The lowest BCUT2D eigenvalue weighted by molar-refractivity contribution is 0.0510. The largest absolute Gasteiger partial charge is 0.461 e. The fourth-order valence-corrected chi connectivity index (χ4v) is 8.52. The van der Waals surface area contributed by atoms with Crippen molar-refractivity contribution in [3.05, 3.63) is 179 Å². The van der Waals surface area contributed by atoms with E-state index in [2.05, 4.69) is 83.1 Å². The van der Waals surface area contributed by atoms with Crippen molar-refractivity contribution in [2.75, 3.05) is 72.2 Å². The van der Waals surface area contributed by atoms with Crippen molar-refractivity contribution >= 4 is 17.9 Å². The molecular formula is C57H62N10O6. The van der Waals surface area contributed by atoms with Crippen LogP contribution in [0.1, 0.15) is 74.5 Å². The summed E-state index contributed by atoms with van der Waals surface area (Å²) >= 11 is 0. The number of hydrogen-bond donors (Lipinski definition) is 0. The molecule has 0 bridgehead atoms. The normalized spacial score (nSPS) is 14.4. The minimum absolute atomic E-state index is 0.246. The smallest absolute Gasteiger partial charge is 0.356 e. The van der Waals surface area contributed by atoms with Crippen LogP contribution in [-0.4, -0.2) is 140 Å². The summed E-state index contributed by atoms with van der Waals surface area (Å²) in [5.74, 6) is -1.38. The highest BCUT2D eigenvalue weighted by Crippen LogP contribution is 2.21. The maximum absolute atomic E-state index is 12.5. The van der Waals surface area contributed by atoms with Gasteiger partial charge in [0.1, 0.15) is 17.1 Å². The molecule has 0 aliphatic carbocycles. The molecule has 0 amide bonds. The zero-order chi connectivity index (χ0) is 50.8. The minimum atomic E-state index is -0.462. The van der Waals surface area contributed by atoms with Crippen molar-refractivity contribution in [2.45, 2.75) is 47.0 Å². The van der Waals surface area contributed by atoms with Gasteiger partial charge < -0.3 is 14.2 Å². The summed E-state index contributed by atoms with van der Waals surface area (Å²) in [5.41, 5.74) is 9.08. The predicted molar refractivity (Wildman–Crippen MR) is 278 cm³/mol. The first-order valence-electron chi connectivity index (χ1n) is 24.9. The zero-order valence-corrected chi connectivity index (χ0v) is 41.8. The molecule has 16 heteroatoms. The van der Waals surface area contributed by atoms with Gasteiger partial charge in [-0.25, -0.2) is 29.3 Å². The van der Waals surface area contributed by atoms with Gasteiger partial charge in [0.25, 0.3) is 0 Å². The molecule has 1 fully saturated rings. The Kier molecular flexibility index (Phi) is 18.5. The van der Waals surface area contributed by atoms with E-state index < -0.39 is 17.9 Å². The van der Waals surface area contributed by atoms with Crippen LogP contribution in [0.5, 0.6) is 0 Å². The highest BCUT2D eigenvalue weighted by molar-refractivity contribution is 5.89. The van der Waals surface area contributed by atoms with Crippen LogP contribution >= 0.6 is 0 Å². The molecule has 7 heterocycles. The van der Waals surface area contributed by atoms with E-state index in [1.807, 2.05) is 55.0 Å². The topological polar surface area (TPSA) is 169 Å². The van der Waals surface area contributed by atoms with Gasteiger partial charge in [-0.15, -0.1) is 0 Å². The molecule has 0 saturated carbocycles. The third-order valence-corrected chi connectivity index (χ3v) is 12.4. The third kappa shape index (κ3) is 15.0. The summed E-state index contributed by atoms with van der Waals surface area (Å²) in [5, 5.41) is 0. The summed E-state index contributed by atoms with van der Waals surface area (Å²) in [4.78, 5) is 75.4. The molecule has 0 spiro atoms. The Bertz CT molecular complexity index is 2770. The van der Waals surface area contributed by atoms with Crippen molar-refractivity contribution in [2.24, 2.45) is 0 Å². The number of aromatic nitrogens is 6. The number of ether oxygens (including phenoxy) is 3. The van der Waals surface area contributed by atoms with Crippen molar-refractivity contribution in [1.29, 1.82) is 0 Å². The van der Waals surface area contributed by atoms with Crippen LogP contribution in [0.2, 0.25) is 0 Å². The number of benzene rings is 1. The number of rotatable bonds is 17. The number of esters is 3. The highest BCUT2D eigenvalue weighted by Gasteiger charge is 2.20. The second kappa shape index (κ2) is 26.2. The van der Waals surface area contributed by atoms with Crippen molar-refractivity contribution in [3.63, 3.8) is 0 Å². The molecule has 73 heavy (non-hydrogen) atoms. The van der Waals surface area contributed by atoms with E-state index in [0.29, 0.717) is 53.8 Å². The summed E-state index contributed by atoms with van der Waals surface area (Å²) in [6.45, 7) is 15.6. The molecule has 0 atom stereocenters. The molecule has 6 aromatic heterocycles. The highest BCUT2D eigenvalue weighted by atomic mass is 16.5. The molecule has 1 aliphatic heterocycles. The molecule has 0 radical (unpaired) electrons. The molecule has 0 unspecified atom stereocenters.